The van der Waals surface area contributed by atoms with Crippen LogP contribution in [-0.2, 0) is 0 Å². The van der Waals surface area contributed by atoms with E-state index in [1.54, 1.807) is 18.2 Å². The zero-order valence-corrected chi connectivity index (χ0v) is 20.6. The lowest BCUT2D eigenvalue weighted by Crippen LogP contribution is -2.20. The quantitative estimate of drug-likeness (QED) is 0.179. The van der Waals surface area contributed by atoms with Crippen LogP contribution in [0.15, 0.2) is 48.5 Å². The van der Waals surface area contributed by atoms with Crippen LogP contribution in [0, 0.1) is 0 Å². The van der Waals surface area contributed by atoms with Gasteiger partial charge in [-0.15, -0.1) is 0 Å². The molecule has 0 saturated heterocycles. The Hall–Kier alpha value is -6.58. The molecule has 0 atom stereocenters. The van der Waals surface area contributed by atoms with E-state index in [1.807, 2.05) is 0 Å². The minimum Gasteiger partial charge on any atom is -0.478 e. The van der Waals surface area contributed by atoms with Crippen molar-refractivity contribution in [3.63, 3.8) is 0 Å². The maximum Gasteiger partial charge on any atom is 0.337 e. The van der Waals surface area contributed by atoms with Crippen molar-refractivity contribution < 1.29 is 74.1 Å². The molecule has 0 aliphatic carbocycles. The molecule has 0 fully saturated rings. The summed E-state index contributed by atoms with van der Waals surface area (Å²) in [4.78, 5) is 89.2. The molecule has 16 heteroatoms. The van der Waals surface area contributed by atoms with Crippen LogP contribution in [0.4, 0.5) is 0 Å². The van der Waals surface area contributed by atoms with Gasteiger partial charge in [-0.3, -0.25) is 4.79 Å². The number of nitrogens with two attached hydrogens (primary N) is 1. The molecule has 0 saturated carbocycles. The highest BCUT2D eigenvalue weighted by Crippen LogP contribution is 2.32. The second-order valence-electron chi connectivity index (χ2n) is 7.91. The molecule has 16 nitrogen and oxygen atoms in total. The predicted molar refractivity (Wildman–Crippen MR) is 136 cm³/mol. The highest BCUT2D eigenvalue weighted by molar-refractivity contribution is 6.16. The molecule has 0 heterocycles. The second-order valence-corrected chi connectivity index (χ2v) is 7.91. The molecule has 0 bridgehead atoms. The Kier molecular flexibility index (Phi) is 9.43. The largest absolute Gasteiger partial charge is 0.478 e. The molecule has 0 spiro atoms. The van der Waals surface area contributed by atoms with Gasteiger partial charge in [-0.05, 0) is 29.3 Å². The lowest BCUT2D eigenvalue weighted by molar-refractivity contribution is 0.0620. The Morgan fingerprint density at radius 3 is 1.17 bits per heavy atom. The maximum atomic E-state index is 11.6. The molecule has 0 unspecified atom stereocenters. The summed E-state index contributed by atoms with van der Waals surface area (Å²) < 4.78 is 0. The number of carbonyl (C=O) groups is 8. The maximum absolute atomic E-state index is 11.6. The van der Waals surface area contributed by atoms with Gasteiger partial charge in [0.1, 0.15) is 0 Å². The average molecular weight is 583 g/mol. The molecular formula is C26H17NO15. The summed E-state index contributed by atoms with van der Waals surface area (Å²) in [6, 6.07) is 9.73. The highest BCUT2D eigenvalue weighted by atomic mass is 16.4. The number of hydrogen-bond acceptors (Lipinski definition) is 8. The number of amides is 1. The smallest absolute Gasteiger partial charge is 0.337 e. The number of carbonyl (C=O) groups excluding carboxylic acids is 1. The molecule has 3 aromatic carbocycles. The fraction of sp³-hybridized carbons (Fsp3) is 0. The molecule has 3 rings (SSSR count). The first kappa shape index (κ1) is 31.6. The summed E-state index contributed by atoms with van der Waals surface area (Å²) in [6.07, 6.45) is 0. The Bertz CT molecular complexity index is 1590. The highest BCUT2D eigenvalue weighted by Gasteiger charge is 2.32. The van der Waals surface area contributed by atoms with E-state index in [2.05, 4.69) is 0 Å². The van der Waals surface area contributed by atoms with Crippen molar-refractivity contribution in [3.05, 3.63) is 93.0 Å². The summed E-state index contributed by atoms with van der Waals surface area (Å²) in [7, 11) is 0. The number of carboxylic acids is 7. The molecule has 0 radical (unpaired) electrons. The SMILES string of the molecule is NC(=O)c1cc(C(=O)O)c(C(=O)O)cc1C(=O)O.O=C(O)c1cc(-c2ccccc2)c(C(=O)O)c(C(=O)O)c1C(=O)O. The van der Waals surface area contributed by atoms with Gasteiger partial charge in [-0.1, -0.05) is 30.3 Å². The number of aromatic carboxylic acids is 7. The molecular weight excluding hydrogens is 566 g/mol. The van der Waals surface area contributed by atoms with Gasteiger partial charge in [-0.25, -0.2) is 33.6 Å². The van der Waals surface area contributed by atoms with Gasteiger partial charge >= 0.3 is 41.8 Å². The topological polar surface area (TPSA) is 304 Å². The molecule has 216 valence electrons. The summed E-state index contributed by atoms with van der Waals surface area (Å²) in [5.74, 6) is -13.0. The molecule has 0 aliphatic heterocycles. The van der Waals surface area contributed by atoms with Gasteiger partial charge < -0.3 is 41.5 Å². The van der Waals surface area contributed by atoms with Crippen LogP contribution >= 0.6 is 0 Å². The van der Waals surface area contributed by atoms with Crippen molar-refractivity contribution in [2.75, 3.05) is 0 Å². The van der Waals surface area contributed by atoms with Crippen LogP contribution in [0.3, 0.4) is 0 Å². The Balaban J connectivity index is 0.000000307. The third-order valence-corrected chi connectivity index (χ3v) is 5.40. The van der Waals surface area contributed by atoms with E-state index in [1.165, 1.54) is 12.1 Å². The second kappa shape index (κ2) is 12.5. The first-order valence-corrected chi connectivity index (χ1v) is 10.9. The van der Waals surface area contributed by atoms with Crippen molar-refractivity contribution in [3.8, 4) is 11.1 Å². The monoisotopic (exact) mass is 583 g/mol. The summed E-state index contributed by atoms with van der Waals surface area (Å²) >= 11 is 0. The minimum absolute atomic E-state index is 0.192. The van der Waals surface area contributed by atoms with E-state index in [0.717, 1.165) is 6.07 Å². The number of carboxylic acid groups (broad SMARTS) is 7. The van der Waals surface area contributed by atoms with Crippen molar-refractivity contribution in [2.45, 2.75) is 0 Å². The fourth-order valence-corrected chi connectivity index (χ4v) is 3.69. The molecule has 0 aliphatic rings. The van der Waals surface area contributed by atoms with Crippen molar-refractivity contribution >= 4 is 47.7 Å². The van der Waals surface area contributed by atoms with E-state index >= 15 is 0 Å². The molecule has 9 N–H and O–H groups in total. The lowest BCUT2D eigenvalue weighted by Gasteiger charge is -2.14. The van der Waals surface area contributed by atoms with E-state index < -0.39 is 92.2 Å². The number of primary amides is 1. The minimum atomic E-state index is -1.84. The van der Waals surface area contributed by atoms with E-state index in [9.17, 15) is 58.8 Å². The van der Waals surface area contributed by atoms with Crippen LogP contribution in [-0.4, -0.2) is 83.4 Å². The van der Waals surface area contributed by atoms with Crippen LogP contribution in [0.5, 0.6) is 0 Å². The zero-order chi connectivity index (χ0) is 32.0. The third kappa shape index (κ3) is 6.52. The summed E-state index contributed by atoms with van der Waals surface area (Å²) in [5, 5.41) is 63.5. The first-order valence-electron chi connectivity index (χ1n) is 10.9. The van der Waals surface area contributed by atoms with Crippen LogP contribution < -0.4 is 5.73 Å². The number of hydrogen-bond donors (Lipinski definition) is 8. The third-order valence-electron chi connectivity index (χ3n) is 5.40. The van der Waals surface area contributed by atoms with Gasteiger partial charge in [0, 0.05) is 0 Å². The van der Waals surface area contributed by atoms with Crippen molar-refractivity contribution in [1.29, 1.82) is 0 Å². The number of rotatable bonds is 9. The lowest BCUT2D eigenvalue weighted by atomic mass is 9.88. The van der Waals surface area contributed by atoms with Gasteiger partial charge in [0.2, 0.25) is 5.91 Å². The van der Waals surface area contributed by atoms with Crippen molar-refractivity contribution in [2.24, 2.45) is 5.73 Å². The summed E-state index contributed by atoms with van der Waals surface area (Å²) in [5.41, 5.74) is -1.44. The van der Waals surface area contributed by atoms with Gasteiger partial charge in [0.15, 0.2) is 0 Å². The molecule has 1 amide bonds. The van der Waals surface area contributed by atoms with Crippen LogP contribution in [0.2, 0.25) is 0 Å². The van der Waals surface area contributed by atoms with Crippen molar-refractivity contribution in [1.82, 2.24) is 0 Å². The molecule has 42 heavy (non-hydrogen) atoms. The Morgan fingerprint density at radius 2 is 0.810 bits per heavy atom. The standard InChI is InChI=1S/C16H10O8.C10H7NO7/c17-13(18)9-6-8(7-4-2-1-3-5-7)10(14(19)20)12(16(23)24)11(9)15(21)22;11-7(12)3-1-5(9(15)16)6(10(17)18)2-4(3)8(13)14/h1-6H,(H,17,18)(H,19,20)(H,21,22)(H,23,24);1-2H,(H2,11,12)(H,13,14)(H,15,16)(H,17,18). The first-order chi connectivity index (χ1) is 19.5. The Labute approximate surface area is 232 Å². The number of benzene rings is 3. The van der Waals surface area contributed by atoms with Gasteiger partial charge in [0.05, 0.1) is 44.5 Å². The average Bonchev–Trinajstić information content (AvgIpc) is 2.91. The molecule has 0 aromatic heterocycles. The van der Waals surface area contributed by atoms with Crippen LogP contribution in [0.25, 0.3) is 11.1 Å². The Morgan fingerprint density at radius 1 is 0.429 bits per heavy atom. The van der Waals surface area contributed by atoms with Crippen LogP contribution in [0.1, 0.15) is 82.9 Å². The normalized spacial score (nSPS) is 10.0. The van der Waals surface area contributed by atoms with E-state index in [0.29, 0.717) is 12.1 Å². The van der Waals surface area contributed by atoms with E-state index in [4.69, 9.17) is 21.1 Å². The van der Waals surface area contributed by atoms with E-state index in [-0.39, 0.29) is 11.1 Å². The fourth-order valence-electron chi connectivity index (χ4n) is 3.69. The summed E-state index contributed by atoms with van der Waals surface area (Å²) in [6.45, 7) is 0. The van der Waals surface area contributed by atoms with Gasteiger partial charge in [0.25, 0.3) is 0 Å². The zero-order valence-electron chi connectivity index (χ0n) is 20.6. The molecule has 3 aromatic rings. The van der Waals surface area contributed by atoms with Gasteiger partial charge in [-0.2, -0.15) is 0 Å². The predicted octanol–water partition coefficient (Wildman–Crippen LogP) is 2.03.